The number of benzene rings is 1. The molecule has 0 atom stereocenters. The lowest BCUT2D eigenvalue weighted by molar-refractivity contribution is -0.104. The molecular weight excluding hydrogens is 534 g/mol. The Hall–Kier alpha value is -3.87. The fourth-order valence-electron chi connectivity index (χ4n) is 5.08. The average molecular weight is 578 g/mol. The topological polar surface area (TPSA) is 112 Å². The van der Waals surface area contributed by atoms with E-state index in [1.165, 1.54) is 12.3 Å². The fourth-order valence-corrected chi connectivity index (χ4v) is 5.08. The number of hydrogen-bond acceptors (Lipinski definition) is 11. The molecule has 2 aliphatic rings. The highest BCUT2D eigenvalue weighted by Gasteiger charge is 2.22. The summed E-state index contributed by atoms with van der Waals surface area (Å²) in [4.78, 5) is 44.9. The maximum absolute atomic E-state index is 12.8. The van der Waals surface area contributed by atoms with Crippen LogP contribution >= 0.6 is 0 Å². The molecule has 0 bridgehead atoms. The minimum absolute atomic E-state index is 0.106. The predicted octanol–water partition coefficient (Wildman–Crippen LogP) is 2.26. The van der Waals surface area contributed by atoms with E-state index in [9.17, 15) is 9.59 Å². The van der Waals surface area contributed by atoms with Crippen molar-refractivity contribution in [3.8, 4) is 5.75 Å². The van der Waals surface area contributed by atoms with E-state index < -0.39 is 0 Å². The first-order valence-electron chi connectivity index (χ1n) is 14.4. The lowest BCUT2D eigenvalue weighted by atomic mass is 10.1. The Bertz CT molecular complexity index is 1410. The van der Waals surface area contributed by atoms with Crippen LogP contribution in [-0.4, -0.2) is 122 Å². The molecule has 1 aromatic carbocycles. The minimum Gasteiger partial charge on any atom is -0.494 e. The lowest BCUT2D eigenvalue weighted by Gasteiger charge is -2.34. The van der Waals surface area contributed by atoms with Crippen molar-refractivity contribution in [2.75, 3.05) is 91.3 Å². The number of hydrogen-bond donors (Lipinski definition) is 1. The van der Waals surface area contributed by atoms with Gasteiger partial charge in [-0.2, -0.15) is 4.98 Å². The zero-order chi connectivity index (χ0) is 30.1. The van der Waals surface area contributed by atoms with Crippen LogP contribution in [0.25, 0.3) is 11.2 Å². The number of allylic oxidation sites excluding steroid dienone is 1. The van der Waals surface area contributed by atoms with Crippen molar-refractivity contribution in [2.24, 2.45) is 0 Å². The number of methoxy groups -OCH3 is 1. The summed E-state index contributed by atoms with van der Waals surface area (Å²) in [6, 6.07) is 6.24. The van der Waals surface area contributed by atoms with Crippen molar-refractivity contribution in [3.05, 3.63) is 53.1 Å². The first-order valence-corrected chi connectivity index (χ1v) is 14.4. The van der Waals surface area contributed by atoms with Gasteiger partial charge in [0.05, 0.1) is 25.2 Å². The molecule has 42 heavy (non-hydrogen) atoms. The van der Waals surface area contributed by atoms with Gasteiger partial charge in [0.15, 0.2) is 5.65 Å². The van der Waals surface area contributed by atoms with E-state index in [0.717, 1.165) is 82.1 Å². The van der Waals surface area contributed by atoms with Crippen molar-refractivity contribution in [1.82, 2.24) is 34.2 Å². The van der Waals surface area contributed by atoms with Crippen molar-refractivity contribution in [2.45, 2.75) is 18.9 Å². The van der Waals surface area contributed by atoms with E-state index >= 15 is 0 Å². The normalized spacial score (nSPS) is 17.0. The molecule has 2 fully saturated rings. The second-order valence-corrected chi connectivity index (χ2v) is 11.0. The number of likely N-dealkylation sites (tertiary alicyclic amines) is 1. The van der Waals surface area contributed by atoms with Gasteiger partial charge in [0, 0.05) is 50.5 Å². The smallest absolute Gasteiger partial charge is 0.270 e. The number of aromatic nitrogens is 4. The molecule has 2 aliphatic heterocycles. The summed E-state index contributed by atoms with van der Waals surface area (Å²) in [5, 5.41) is 3.28. The molecule has 0 radical (unpaired) electrons. The van der Waals surface area contributed by atoms with Crippen LogP contribution in [0.1, 0.15) is 18.9 Å². The molecule has 0 saturated carbocycles. The molecule has 0 unspecified atom stereocenters. The molecule has 12 nitrogen and oxygen atoms in total. The Morgan fingerprint density at radius 2 is 1.74 bits per heavy atom. The number of carbonyl (C=O) groups is 1. The van der Waals surface area contributed by atoms with E-state index in [1.54, 1.807) is 17.9 Å². The number of rotatable bonds is 8. The van der Waals surface area contributed by atoms with Gasteiger partial charge in [-0.1, -0.05) is 6.08 Å². The molecule has 3 aromatic rings. The number of anilines is 3. The number of nitrogens with one attached hydrogen (secondary N) is 1. The van der Waals surface area contributed by atoms with Crippen LogP contribution in [0.5, 0.6) is 5.75 Å². The summed E-state index contributed by atoms with van der Waals surface area (Å²) in [5.41, 5.74) is 2.96. The van der Waals surface area contributed by atoms with Gasteiger partial charge < -0.3 is 29.7 Å². The molecule has 0 amide bonds. The van der Waals surface area contributed by atoms with E-state index in [2.05, 4.69) is 50.1 Å². The largest absolute Gasteiger partial charge is 0.494 e. The Balaban J connectivity index is 0.000000446. The maximum Gasteiger partial charge on any atom is 0.270 e. The lowest BCUT2D eigenvalue weighted by Crippen LogP contribution is -2.44. The zero-order valence-electron chi connectivity index (χ0n) is 25.4. The first-order chi connectivity index (χ1) is 20.3. The number of piperazine rings is 1. The Morgan fingerprint density at radius 3 is 2.40 bits per heavy atom. The molecule has 0 aliphatic carbocycles. The van der Waals surface area contributed by atoms with Gasteiger partial charge >= 0.3 is 0 Å². The second-order valence-electron chi connectivity index (χ2n) is 11.0. The van der Waals surface area contributed by atoms with Crippen LogP contribution in [0, 0.1) is 0 Å². The number of ether oxygens (including phenoxy) is 1. The van der Waals surface area contributed by atoms with Crippen LogP contribution in [0.4, 0.5) is 17.3 Å². The monoisotopic (exact) mass is 577 g/mol. The summed E-state index contributed by atoms with van der Waals surface area (Å²) < 4.78 is 7.47. The highest BCUT2D eigenvalue weighted by Crippen LogP contribution is 2.32. The van der Waals surface area contributed by atoms with Crippen LogP contribution in [0.15, 0.2) is 47.5 Å². The van der Waals surface area contributed by atoms with Gasteiger partial charge in [-0.3, -0.25) is 14.2 Å². The van der Waals surface area contributed by atoms with Crippen LogP contribution in [0.3, 0.4) is 0 Å². The van der Waals surface area contributed by atoms with E-state index in [1.807, 2.05) is 37.2 Å². The third kappa shape index (κ3) is 8.11. The summed E-state index contributed by atoms with van der Waals surface area (Å²) in [6.07, 6.45) is 8.95. The highest BCUT2D eigenvalue weighted by atomic mass is 16.5. The molecule has 5 rings (SSSR count). The van der Waals surface area contributed by atoms with Crippen LogP contribution in [0.2, 0.25) is 0 Å². The third-order valence-corrected chi connectivity index (χ3v) is 7.57. The SMILES string of the molecule is CN(C)C/C=C/C=O.COc1cc(N2CCN(C)CC2)ccc1Nc1ncc2ncc(=O)n(C3CCN(C)CC3)c2n1. The molecule has 226 valence electrons. The Morgan fingerprint density at radius 1 is 1.02 bits per heavy atom. The van der Waals surface area contributed by atoms with Crippen molar-refractivity contribution >= 4 is 34.8 Å². The molecule has 1 N–H and O–H groups in total. The van der Waals surface area contributed by atoms with Gasteiger partial charge in [0.25, 0.3) is 5.56 Å². The number of carbonyl (C=O) groups excluding carboxylic acids is 1. The standard InChI is InChI=1S/C24H32N8O2.C6H11NO/c1-29-8-6-17(7-9-29)32-22(33)16-25-20-15-26-24(28-23(20)32)27-19-5-4-18(14-21(19)34-3)31-12-10-30(2)11-13-31;1-7(2)5-3-4-6-8/h4-5,14-17H,6-13H2,1-3H3,(H,26,27,28);3-4,6H,5H2,1-2H3/b;4-3+. The Labute approximate surface area is 247 Å². The summed E-state index contributed by atoms with van der Waals surface area (Å²) in [7, 11) is 9.83. The number of fused-ring (bicyclic) bond motifs is 1. The zero-order valence-corrected chi connectivity index (χ0v) is 25.4. The Kier molecular flexibility index (Phi) is 11.0. The molecule has 4 heterocycles. The number of nitrogens with zero attached hydrogens (tertiary/aromatic N) is 8. The molecule has 12 heteroatoms. The first kappa shape index (κ1) is 31.1. The molecular formula is C30H43N9O3. The van der Waals surface area contributed by atoms with E-state index in [4.69, 9.17) is 9.72 Å². The fraction of sp³-hybridized carbons (Fsp3) is 0.500. The third-order valence-electron chi connectivity index (χ3n) is 7.57. The molecule has 0 spiro atoms. The second kappa shape index (κ2) is 14.9. The van der Waals surface area contributed by atoms with Gasteiger partial charge in [0.1, 0.15) is 17.6 Å². The minimum atomic E-state index is -0.124. The van der Waals surface area contributed by atoms with Gasteiger partial charge in [-0.05, 0) is 72.3 Å². The van der Waals surface area contributed by atoms with Crippen LogP contribution in [-0.2, 0) is 4.79 Å². The van der Waals surface area contributed by atoms with Gasteiger partial charge in [-0.15, -0.1) is 0 Å². The van der Waals surface area contributed by atoms with E-state index in [0.29, 0.717) is 17.1 Å². The number of likely N-dealkylation sites (N-methyl/N-ethyl adjacent to an activating group) is 2. The quantitative estimate of drug-likeness (QED) is 0.314. The van der Waals surface area contributed by atoms with Crippen molar-refractivity contribution < 1.29 is 9.53 Å². The van der Waals surface area contributed by atoms with E-state index in [-0.39, 0.29) is 11.6 Å². The number of aldehydes is 1. The van der Waals surface area contributed by atoms with Crippen LogP contribution < -0.4 is 20.5 Å². The van der Waals surface area contributed by atoms with Crippen molar-refractivity contribution in [1.29, 1.82) is 0 Å². The van der Waals surface area contributed by atoms with Gasteiger partial charge in [0.2, 0.25) is 5.95 Å². The summed E-state index contributed by atoms with van der Waals surface area (Å²) in [6.45, 7) is 6.80. The summed E-state index contributed by atoms with van der Waals surface area (Å²) >= 11 is 0. The molecule has 2 aromatic heterocycles. The maximum atomic E-state index is 12.8. The van der Waals surface area contributed by atoms with Gasteiger partial charge in [-0.25, -0.2) is 9.97 Å². The van der Waals surface area contributed by atoms with Crippen molar-refractivity contribution in [3.63, 3.8) is 0 Å². The summed E-state index contributed by atoms with van der Waals surface area (Å²) in [5.74, 6) is 1.13. The average Bonchev–Trinajstić information content (AvgIpc) is 2.99. The highest BCUT2D eigenvalue weighted by molar-refractivity contribution is 5.73. The molecule has 2 saturated heterocycles. The predicted molar refractivity (Wildman–Crippen MR) is 167 cm³/mol. The number of piperidine rings is 1.